The Morgan fingerprint density at radius 2 is 2.04 bits per heavy atom. The van der Waals surface area contributed by atoms with Crippen LogP contribution in [-0.4, -0.2) is 28.8 Å². The second-order valence-electron chi connectivity index (χ2n) is 6.29. The summed E-state index contributed by atoms with van der Waals surface area (Å²) in [7, 11) is 0. The van der Waals surface area contributed by atoms with Crippen molar-refractivity contribution in [3.63, 3.8) is 0 Å². The summed E-state index contributed by atoms with van der Waals surface area (Å²) in [6, 6.07) is 7.11. The van der Waals surface area contributed by atoms with Gasteiger partial charge in [-0.05, 0) is 44.2 Å². The quantitative estimate of drug-likeness (QED) is 0.902. The van der Waals surface area contributed by atoms with Gasteiger partial charge in [0.05, 0.1) is 22.7 Å². The van der Waals surface area contributed by atoms with Gasteiger partial charge in [0, 0.05) is 0 Å². The molecule has 1 heterocycles. The van der Waals surface area contributed by atoms with Crippen molar-refractivity contribution in [1.29, 1.82) is 0 Å². The molecule has 0 radical (unpaired) electrons. The maximum atomic E-state index is 12.5. The monoisotopic (exact) mass is 337 g/mol. The van der Waals surface area contributed by atoms with Crippen molar-refractivity contribution in [2.75, 3.05) is 4.90 Å². The minimum atomic E-state index is -0.764. The summed E-state index contributed by atoms with van der Waals surface area (Å²) in [6.07, 6.45) is 2.57. The molecule has 1 atom stereocenters. The van der Waals surface area contributed by atoms with Crippen LogP contribution in [0.1, 0.15) is 39.0 Å². The lowest BCUT2D eigenvalue weighted by molar-refractivity contribution is -0.144. The van der Waals surface area contributed by atoms with Crippen LogP contribution < -0.4 is 4.90 Å². The van der Waals surface area contributed by atoms with Crippen LogP contribution in [0.2, 0.25) is 5.02 Å². The Kier molecular flexibility index (Phi) is 4.23. The Morgan fingerprint density at radius 1 is 1.39 bits per heavy atom. The molecule has 1 N–H and O–H groups in total. The maximum Gasteiger partial charge on any atom is 0.415 e. The van der Waals surface area contributed by atoms with Crippen molar-refractivity contribution in [2.24, 2.45) is 5.92 Å². The second kappa shape index (κ2) is 6.04. The molecule has 2 aliphatic rings. The predicted molar refractivity (Wildman–Crippen MR) is 86.8 cm³/mol. The molecule has 1 amide bonds. The number of aliphatic carboxylic acids is 1. The molecule has 2 fully saturated rings. The van der Waals surface area contributed by atoms with Crippen molar-refractivity contribution < 1.29 is 19.4 Å². The van der Waals surface area contributed by atoms with Gasteiger partial charge >= 0.3 is 12.1 Å². The Morgan fingerprint density at radius 3 is 2.61 bits per heavy atom. The highest BCUT2D eigenvalue weighted by Gasteiger charge is 2.55. The predicted octanol–water partition coefficient (Wildman–Crippen LogP) is 4.09. The van der Waals surface area contributed by atoms with Crippen molar-refractivity contribution in [2.45, 2.75) is 50.7 Å². The zero-order valence-corrected chi connectivity index (χ0v) is 13.8. The average molecular weight is 338 g/mol. The molecule has 5 nitrogen and oxygen atoms in total. The van der Waals surface area contributed by atoms with E-state index in [1.807, 2.05) is 25.1 Å². The lowest BCUT2D eigenvalue weighted by atomic mass is 9.74. The van der Waals surface area contributed by atoms with Gasteiger partial charge in [-0.25, -0.2) is 4.79 Å². The third-order valence-corrected chi connectivity index (χ3v) is 5.41. The van der Waals surface area contributed by atoms with Gasteiger partial charge < -0.3 is 9.84 Å². The number of carboxylic acids is 1. The van der Waals surface area contributed by atoms with E-state index in [9.17, 15) is 14.7 Å². The molecule has 124 valence electrons. The summed E-state index contributed by atoms with van der Waals surface area (Å²) in [6.45, 7) is 2.02. The van der Waals surface area contributed by atoms with Crippen LogP contribution in [-0.2, 0) is 9.53 Å². The minimum Gasteiger partial charge on any atom is -0.481 e. The van der Waals surface area contributed by atoms with Crippen LogP contribution >= 0.6 is 11.6 Å². The highest BCUT2D eigenvalue weighted by Crippen LogP contribution is 2.47. The Balaban J connectivity index is 1.89. The first-order valence-electron chi connectivity index (χ1n) is 7.98. The van der Waals surface area contributed by atoms with E-state index < -0.39 is 17.7 Å². The Hall–Kier alpha value is -1.75. The molecule has 1 aliphatic heterocycles. The number of anilines is 1. The van der Waals surface area contributed by atoms with Crippen LogP contribution in [0.15, 0.2) is 24.3 Å². The molecular weight excluding hydrogens is 318 g/mol. The lowest BCUT2D eigenvalue weighted by Crippen LogP contribution is -2.48. The summed E-state index contributed by atoms with van der Waals surface area (Å²) in [5.74, 6) is -1.11. The highest BCUT2D eigenvalue weighted by atomic mass is 35.5. The van der Waals surface area contributed by atoms with E-state index in [-0.39, 0.29) is 12.0 Å². The minimum absolute atomic E-state index is 0.121. The first-order valence-corrected chi connectivity index (χ1v) is 8.36. The number of amides is 1. The zero-order chi connectivity index (χ0) is 16.6. The molecule has 1 saturated heterocycles. The lowest BCUT2D eigenvalue weighted by Gasteiger charge is -2.39. The maximum absolute atomic E-state index is 12.5. The molecule has 1 aliphatic carbocycles. The van der Waals surface area contributed by atoms with Crippen LogP contribution in [0.25, 0.3) is 0 Å². The molecule has 0 aromatic heterocycles. The Labute approximate surface area is 140 Å². The topological polar surface area (TPSA) is 66.8 Å². The Bertz CT molecular complexity index is 625. The molecule has 23 heavy (non-hydrogen) atoms. The van der Waals surface area contributed by atoms with Crippen molar-refractivity contribution >= 4 is 29.4 Å². The van der Waals surface area contributed by atoms with Gasteiger partial charge in [0.15, 0.2) is 0 Å². The first-order chi connectivity index (χ1) is 11.0. The summed E-state index contributed by atoms with van der Waals surface area (Å²) >= 11 is 6.26. The first kappa shape index (κ1) is 16.1. The van der Waals surface area contributed by atoms with Crippen LogP contribution in [0.3, 0.4) is 0 Å². The molecular formula is C17H20ClNO4. The van der Waals surface area contributed by atoms with Gasteiger partial charge in [0.1, 0.15) is 5.60 Å². The fourth-order valence-corrected chi connectivity index (χ4v) is 4.14. The van der Waals surface area contributed by atoms with Crippen LogP contribution in [0.5, 0.6) is 0 Å². The molecule has 1 saturated carbocycles. The number of rotatable bonds is 3. The fraction of sp³-hybridized carbons (Fsp3) is 0.529. The molecule has 1 aromatic carbocycles. The van der Waals surface area contributed by atoms with E-state index in [1.54, 1.807) is 11.0 Å². The van der Waals surface area contributed by atoms with Gasteiger partial charge in [-0.3, -0.25) is 9.69 Å². The number of carboxylic acid groups (broad SMARTS) is 1. The number of hydrogen-bond acceptors (Lipinski definition) is 3. The highest BCUT2D eigenvalue weighted by molar-refractivity contribution is 6.33. The van der Waals surface area contributed by atoms with Crippen molar-refractivity contribution in [1.82, 2.24) is 0 Å². The molecule has 3 rings (SSSR count). The zero-order valence-electron chi connectivity index (χ0n) is 13.0. The SMILES string of the molecule is CCC1N(c2ccccc2Cl)C(=O)OC12CCC(C(=O)O)CC2. The number of hydrogen-bond donors (Lipinski definition) is 1. The molecule has 1 spiro atoms. The van der Waals surface area contributed by atoms with E-state index >= 15 is 0 Å². The third kappa shape index (κ3) is 2.67. The van der Waals surface area contributed by atoms with E-state index in [0.717, 1.165) is 6.42 Å². The second-order valence-corrected chi connectivity index (χ2v) is 6.70. The van der Waals surface area contributed by atoms with Crippen LogP contribution in [0.4, 0.5) is 10.5 Å². The molecule has 6 heteroatoms. The molecule has 1 unspecified atom stereocenters. The summed E-state index contributed by atoms with van der Waals surface area (Å²) in [5, 5.41) is 9.69. The van der Waals surface area contributed by atoms with E-state index in [1.165, 1.54) is 0 Å². The molecule has 1 aromatic rings. The fourth-order valence-electron chi connectivity index (χ4n) is 3.91. The smallest absolute Gasteiger partial charge is 0.415 e. The van der Waals surface area contributed by atoms with E-state index in [2.05, 4.69) is 0 Å². The standard InChI is InChI=1S/C17H20ClNO4/c1-2-14-17(9-7-11(8-10-17)15(20)21)23-16(22)19(14)13-6-4-3-5-12(13)18/h3-6,11,14H,2,7-10H2,1H3,(H,20,21). The van der Waals surface area contributed by atoms with Gasteiger partial charge in [0.25, 0.3) is 0 Å². The third-order valence-electron chi connectivity index (χ3n) is 5.09. The van der Waals surface area contributed by atoms with Gasteiger partial charge in [0.2, 0.25) is 0 Å². The van der Waals surface area contributed by atoms with Crippen LogP contribution in [0, 0.1) is 5.92 Å². The number of carbonyl (C=O) groups excluding carboxylic acids is 1. The summed E-state index contributed by atoms with van der Waals surface area (Å²) in [4.78, 5) is 25.3. The number of halogens is 1. The normalized spacial score (nSPS) is 30.5. The average Bonchev–Trinajstić information content (AvgIpc) is 2.79. The van der Waals surface area contributed by atoms with Gasteiger partial charge in [-0.2, -0.15) is 0 Å². The van der Waals surface area contributed by atoms with E-state index in [4.69, 9.17) is 16.3 Å². The van der Waals surface area contributed by atoms with Crippen molar-refractivity contribution in [3.8, 4) is 0 Å². The van der Waals surface area contributed by atoms with Gasteiger partial charge in [-0.15, -0.1) is 0 Å². The number of ether oxygens (including phenoxy) is 1. The van der Waals surface area contributed by atoms with Crippen molar-refractivity contribution in [3.05, 3.63) is 29.3 Å². The van der Waals surface area contributed by atoms with E-state index in [0.29, 0.717) is 36.4 Å². The summed E-state index contributed by atoms with van der Waals surface area (Å²) < 4.78 is 5.78. The number of carbonyl (C=O) groups is 2. The molecule has 0 bridgehead atoms. The largest absolute Gasteiger partial charge is 0.481 e. The number of nitrogens with zero attached hydrogens (tertiary/aromatic N) is 1. The summed E-state index contributed by atoms with van der Waals surface area (Å²) in [5.41, 5.74) is 0.0555. The number of para-hydroxylation sites is 1. The van der Waals surface area contributed by atoms with Gasteiger partial charge in [-0.1, -0.05) is 30.7 Å². The number of benzene rings is 1.